The first-order valence-electron chi connectivity index (χ1n) is 15.4. The molecule has 4 rings (SSSR count). The van der Waals surface area contributed by atoms with Gasteiger partial charge in [0.05, 0.1) is 36.6 Å². The van der Waals surface area contributed by atoms with Crippen molar-refractivity contribution >= 4 is 31.6 Å². The summed E-state index contributed by atoms with van der Waals surface area (Å²) >= 11 is 0. The third-order valence-corrected chi connectivity index (χ3v) is 13.4. The maximum absolute atomic E-state index is 14.4. The normalized spacial score (nSPS) is 15.2. The number of hydrogen-bond acceptors (Lipinski definition) is 7. The van der Waals surface area contributed by atoms with Crippen LogP contribution in [0.2, 0.25) is 18.1 Å². The van der Waals surface area contributed by atoms with Crippen LogP contribution in [0.5, 0.6) is 11.5 Å². The van der Waals surface area contributed by atoms with Crippen LogP contribution in [0.25, 0.3) is 5.57 Å². The number of anilines is 1. The maximum atomic E-state index is 14.4. The summed E-state index contributed by atoms with van der Waals surface area (Å²) in [7, 11) is 2.20. The van der Waals surface area contributed by atoms with Gasteiger partial charge in [-0.3, -0.25) is 19.5 Å². The van der Waals surface area contributed by atoms with Crippen LogP contribution < -0.4 is 26.0 Å². The summed E-state index contributed by atoms with van der Waals surface area (Å²) in [5.74, 6) is 0.0752. The van der Waals surface area contributed by atoms with Crippen LogP contribution in [0, 0.1) is 0 Å². The Labute approximate surface area is 275 Å². The van der Waals surface area contributed by atoms with Crippen molar-refractivity contribution in [1.29, 1.82) is 0 Å². The molecule has 2 amide bonds. The number of aromatic nitrogens is 2. The number of hydrogen-bond donors (Lipinski definition) is 2. The van der Waals surface area contributed by atoms with E-state index in [0.717, 1.165) is 10.1 Å². The van der Waals surface area contributed by atoms with Gasteiger partial charge in [0.2, 0.25) is 0 Å². The van der Waals surface area contributed by atoms with Gasteiger partial charge in [-0.25, -0.2) is 9.59 Å². The van der Waals surface area contributed by atoms with Crippen molar-refractivity contribution in [2.24, 2.45) is 14.1 Å². The van der Waals surface area contributed by atoms with Crippen molar-refractivity contribution in [1.82, 2.24) is 14.0 Å². The van der Waals surface area contributed by atoms with E-state index in [2.05, 4.69) is 39.2 Å². The molecule has 1 aliphatic heterocycles. The number of ether oxygens (including phenoxy) is 2. The summed E-state index contributed by atoms with van der Waals surface area (Å²) in [6, 6.07) is 11.8. The Kier molecular flexibility index (Phi) is 10.5. The van der Waals surface area contributed by atoms with Crippen molar-refractivity contribution in [3.05, 3.63) is 92.3 Å². The SMILES string of the molecule is COc1cc(C(=O)N2CCC(c3cn(C)c(=O)n(C)c3=O)=C[C@H]2CO[Si](C)(C)C(C)(C)C)c(NC(=O)O)cc1OCc1ccccc1. The van der Waals surface area contributed by atoms with Gasteiger partial charge in [0.25, 0.3) is 11.5 Å². The quantitative estimate of drug-likeness (QED) is 0.286. The van der Waals surface area contributed by atoms with Gasteiger partial charge < -0.3 is 28.5 Å². The number of amides is 2. The Morgan fingerprint density at radius 2 is 1.74 bits per heavy atom. The predicted octanol–water partition coefficient (Wildman–Crippen LogP) is 5.08. The molecule has 1 aromatic heterocycles. The summed E-state index contributed by atoms with van der Waals surface area (Å²) < 4.78 is 20.6. The molecule has 0 saturated carbocycles. The molecule has 0 saturated heterocycles. The lowest BCUT2D eigenvalue weighted by Gasteiger charge is -2.40. The minimum atomic E-state index is -2.27. The number of nitrogens with one attached hydrogen (secondary N) is 1. The molecule has 0 bridgehead atoms. The van der Waals surface area contributed by atoms with Crippen molar-refractivity contribution < 1.29 is 28.6 Å². The Morgan fingerprint density at radius 1 is 1.06 bits per heavy atom. The second kappa shape index (κ2) is 14.0. The average molecular weight is 665 g/mol. The highest BCUT2D eigenvalue weighted by Gasteiger charge is 2.39. The molecular formula is C34H44N4O8Si. The number of nitrogens with zero attached hydrogens (tertiary/aromatic N) is 3. The van der Waals surface area contributed by atoms with Gasteiger partial charge in [-0.05, 0) is 41.8 Å². The van der Waals surface area contributed by atoms with Gasteiger partial charge in [-0.15, -0.1) is 0 Å². The highest BCUT2D eigenvalue weighted by Crippen LogP contribution is 2.38. The topological polar surface area (TPSA) is 141 Å². The monoisotopic (exact) mass is 664 g/mol. The molecule has 0 aliphatic carbocycles. The summed E-state index contributed by atoms with van der Waals surface area (Å²) in [6.45, 7) is 11.2. The zero-order valence-electron chi connectivity index (χ0n) is 28.2. The van der Waals surface area contributed by atoms with E-state index in [-0.39, 0.29) is 47.5 Å². The first kappa shape index (κ1) is 35.2. The molecule has 13 heteroatoms. The van der Waals surface area contributed by atoms with Crippen LogP contribution in [0.4, 0.5) is 10.5 Å². The minimum Gasteiger partial charge on any atom is -0.493 e. The van der Waals surface area contributed by atoms with Gasteiger partial charge in [0.15, 0.2) is 19.8 Å². The van der Waals surface area contributed by atoms with Crippen molar-refractivity contribution in [3.8, 4) is 11.5 Å². The summed E-state index contributed by atoms with van der Waals surface area (Å²) in [5.41, 5.74) is 1.21. The third kappa shape index (κ3) is 7.85. The molecule has 0 fully saturated rings. The lowest BCUT2D eigenvalue weighted by molar-refractivity contribution is 0.0654. The number of carboxylic acid groups (broad SMARTS) is 1. The van der Waals surface area contributed by atoms with Crippen molar-refractivity contribution in [2.45, 2.75) is 58.0 Å². The third-order valence-electron chi connectivity index (χ3n) is 8.90. The molecule has 1 aliphatic rings. The van der Waals surface area contributed by atoms with Crippen LogP contribution in [0.3, 0.4) is 0 Å². The largest absolute Gasteiger partial charge is 0.493 e. The second-order valence-electron chi connectivity index (χ2n) is 13.1. The molecule has 0 unspecified atom stereocenters. The van der Waals surface area contributed by atoms with Gasteiger partial charge in [0.1, 0.15) is 6.61 Å². The fourth-order valence-electron chi connectivity index (χ4n) is 5.08. The Hall–Kier alpha value is -4.62. The highest BCUT2D eigenvalue weighted by atomic mass is 28.4. The fourth-order valence-corrected chi connectivity index (χ4v) is 6.10. The predicted molar refractivity (Wildman–Crippen MR) is 183 cm³/mol. The van der Waals surface area contributed by atoms with E-state index in [1.807, 2.05) is 36.4 Å². The van der Waals surface area contributed by atoms with E-state index in [1.165, 1.54) is 37.1 Å². The number of rotatable bonds is 10. The Morgan fingerprint density at radius 3 is 2.36 bits per heavy atom. The van der Waals surface area contributed by atoms with Crippen molar-refractivity contribution in [3.63, 3.8) is 0 Å². The van der Waals surface area contributed by atoms with E-state index in [0.29, 0.717) is 17.6 Å². The number of aryl methyl sites for hydroxylation is 1. The highest BCUT2D eigenvalue weighted by molar-refractivity contribution is 6.74. The van der Waals surface area contributed by atoms with Crippen LogP contribution in [-0.4, -0.2) is 65.8 Å². The van der Waals surface area contributed by atoms with E-state index in [4.69, 9.17) is 13.9 Å². The number of methoxy groups -OCH3 is 1. The molecule has 0 radical (unpaired) electrons. The lowest BCUT2D eigenvalue weighted by Crippen LogP contribution is -2.49. The van der Waals surface area contributed by atoms with E-state index in [9.17, 15) is 24.3 Å². The van der Waals surface area contributed by atoms with E-state index >= 15 is 0 Å². The molecule has 12 nitrogen and oxygen atoms in total. The first-order valence-corrected chi connectivity index (χ1v) is 18.3. The van der Waals surface area contributed by atoms with E-state index < -0.39 is 37.6 Å². The molecule has 2 aromatic carbocycles. The maximum Gasteiger partial charge on any atom is 0.409 e. The zero-order valence-corrected chi connectivity index (χ0v) is 29.2. The molecule has 2 N–H and O–H groups in total. The van der Waals surface area contributed by atoms with Gasteiger partial charge in [-0.1, -0.05) is 57.2 Å². The summed E-state index contributed by atoms with van der Waals surface area (Å²) in [4.78, 5) is 53.3. The van der Waals surface area contributed by atoms with Crippen LogP contribution in [-0.2, 0) is 25.1 Å². The van der Waals surface area contributed by atoms with E-state index in [1.54, 1.807) is 11.9 Å². The number of benzene rings is 2. The number of carbonyl (C=O) groups excluding carboxylic acids is 1. The Balaban J connectivity index is 1.76. The standard InChI is InChI=1S/C34H44N4O8Si/c1-34(2,3)47(7,8)46-21-24-16-23(26-19-36(4)33(43)37(5)30(26)39)14-15-38(24)31(40)25-17-28(44-6)29(18-27(25)35-32(41)42)45-20-22-12-10-9-11-13-22/h9-13,16-19,24,35H,14-15,20-21H2,1-8H3,(H,41,42)/t24-/m0/s1. The van der Waals surface area contributed by atoms with Gasteiger partial charge in [-0.2, -0.15) is 0 Å². The summed E-state index contributed by atoms with van der Waals surface area (Å²) in [5, 5.41) is 11.9. The lowest BCUT2D eigenvalue weighted by atomic mass is 9.96. The smallest absolute Gasteiger partial charge is 0.409 e. The minimum absolute atomic E-state index is 0.0390. The molecule has 2 heterocycles. The van der Waals surface area contributed by atoms with Gasteiger partial charge in [0, 0.05) is 32.9 Å². The Bertz CT molecular complexity index is 1790. The van der Waals surface area contributed by atoms with Crippen molar-refractivity contribution in [2.75, 3.05) is 25.6 Å². The molecule has 1 atom stereocenters. The molecular weight excluding hydrogens is 620 g/mol. The number of carbonyl (C=O) groups is 2. The average Bonchev–Trinajstić information content (AvgIpc) is 3.02. The van der Waals surface area contributed by atoms with Crippen LogP contribution in [0.1, 0.15) is 48.7 Å². The van der Waals surface area contributed by atoms with Crippen LogP contribution >= 0.6 is 0 Å². The molecule has 3 aromatic rings. The van der Waals surface area contributed by atoms with Crippen LogP contribution in [0.15, 0.2) is 64.3 Å². The molecule has 252 valence electrons. The van der Waals surface area contributed by atoms with Gasteiger partial charge >= 0.3 is 11.8 Å². The zero-order chi connectivity index (χ0) is 34.7. The summed E-state index contributed by atoms with van der Waals surface area (Å²) in [6.07, 6.45) is 2.34. The fraction of sp³-hybridized carbons (Fsp3) is 0.412. The molecule has 47 heavy (non-hydrogen) atoms. The second-order valence-corrected chi connectivity index (χ2v) is 17.9. The molecule has 0 spiro atoms. The first-order chi connectivity index (χ1) is 22.0.